The summed E-state index contributed by atoms with van der Waals surface area (Å²) in [6.45, 7) is 4.90. The molecule has 0 radical (unpaired) electrons. The van der Waals surface area contributed by atoms with E-state index in [0.29, 0.717) is 23.2 Å². The number of primary sulfonamides is 1. The summed E-state index contributed by atoms with van der Waals surface area (Å²) in [4.78, 5) is -0.0223. The fraction of sp³-hybridized carbons (Fsp3) is 0.455. The van der Waals surface area contributed by atoms with Gasteiger partial charge in [0.2, 0.25) is 10.0 Å². The third kappa shape index (κ3) is 4.24. The van der Waals surface area contributed by atoms with Crippen LogP contribution in [-0.2, 0) is 14.8 Å². The third-order valence-corrected chi connectivity index (χ3v) is 3.56. The van der Waals surface area contributed by atoms with E-state index in [1.54, 1.807) is 13.0 Å². The van der Waals surface area contributed by atoms with Crippen molar-refractivity contribution >= 4 is 26.0 Å². The Balaban J connectivity index is 3.02. The second kappa shape index (κ2) is 6.51. The molecule has 18 heavy (non-hydrogen) atoms. The van der Waals surface area contributed by atoms with Gasteiger partial charge < -0.3 is 9.47 Å². The average Bonchev–Trinajstić information content (AvgIpc) is 2.24. The van der Waals surface area contributed by atoms with Crippen LogP contribution in [0.15, 0.2) is 21.5 Å². The number of rotatable bonds is 6. The summed E-state index contributed by atoms with van der Waals surface area (Å²) < 4.78 is 34.2. The average molecular weight is 338 g/mol. The monoisotopic (exact) mass is 337 g/mol. The number of aryl methyl sites for hydroxylation is 1. The van der Waals surface area contributed by atoms with Gasteiger partial charge in [0, 0.05) is 11.1 Å². The number of ether oxygens (including phenoxy) is 2. The number of halogens is 1. The molecule has 1 rings (SSSR count). The zero-order valence-electron chi connectivity index (χ0n) is 10.3. The number of hydrogen-bond donors (Lipinski definition) is 1. The van der Waals surface area contributed by atoms with E-state index in [4.69, 9.17) is 14.6 Å². The first-order valence-electron chi connectivity index (χ1n) is 5.39. The predicted molar refractivity (Wildman–Crippen MR) is 72.2 cm³/mol. The molecule has 0 aliphatic rings. The number of nitrogens with two attached hydrogens (primary N) is 1. The van der Waals surface area contributed by atoms with Gasteiger partial charge in [0.1, 0.15) is 17.3 Å². The van der Waals surface area contributed by atoms with Crippen LogP contribution in [0.5, 0.6) is 5.75 Å². The van der Waals surface area contributed by atoms with Crippen molar-refractivity contribution in [1.29, 1.82) is 0 Å². The molecule has 0 spiro atoms. The quantitative estimate of drug-likeness (QED) is 0.803. The van der Waals surface area contributed by atoms with Crippen LogP contribution < -0.4 is 9.88 Å². The maximum Gasteiger partial charge on any atom is 0.241 e. The fourth-order valence-corrected chi connectivity index (χ4v) is 2.94. The number of sulfonamides is 1. The molecular weight excluding hydrogens is 322 g/mol. The van der Waals surface area contributed by atoms with Crippen molar-refractivity contribution in [2.24, 2.45) is 5.14 Å². The minimum absolute atomic E-state index is 0.0223. The molecule has 0 amide bonds. The molecule has 2 N–H and O–H groups in total. The molecule has 5 nitrogen and oxygen atoms in total. The second-order valence-corrected chi connectivity index (χ2v) is 6.09. The van der Waals surface area contributed by atoms with E-state index >= 15 is 0 Å². The van der Waals surface area contributed by atoms with E-state index in [9.17, 15) is 8.42 Å². The van der Waals surface area contributed by atoms with E-state index in [1.807, 2.05) is 6.92 Å². The van der Waals surface area contributed by atoms with Gasteiger partial charge in [-0.2, -0.15) is 0 Å². The summed E-state index contributed by atoms with van der Waals surface area (Å²) in [5, 5.41) is 5.17. The minimum atomic E-state index is -3.82. The Morgan fingerprint density at radius 3 is 2.56 bits per heavy atom. The summed E-state index contributed by atoms with van der Waals surface area (Å²) in [7, 11) is -3.82. The van der Waals surface area contributed by atoms with Crippen molar-refractivity contribution in [3.8, 4) is 5.75 Å². The predicted octanol–water partition coefficient (Wildman–Crippen LogP) is 1.82. The summed E-state index contributed by atoms with van der Waals surface area (Å²) >= 11 is 3.23. The molecule has 102 valence electrons. The molecule has 0 bridgehead atoms. The molecule has 0 aromatic heterocycles. The first-order chi connectivity index (χ1) is 8.36. The summed E-state index contributed by atoms with van der Waals surface area (Å²) in [6, 6.07) is 3.20. The Morgan fingerprint density at radius 1 is 1.33 bits per heavy atom. The maximum atomic E-state index is 11.5. The Kier molecular flexibility index (Phi) is 5.58. The van der Waals surface area contributed by atoms with Gasteiger partial charge in [-0.3, -0.25) is 0 Å². The second-order valence-electron chi connectivity index (χ2n) is 3.64. The molecule has 0 saturated carbocycles. The Bertz CT molecular complexity index is 516. The molecule has 0 saturated heterocycles. The molecule has 0 fully saturated rings. The lowest BCUT2D eigenvalue weighted by molar-refractivity contribution is 0.109. The molecule has 0 aliphatic carbocycles. The lowest BCUT2D eigenvalue weighted by Gasteiger charge is -2.13. The zero-order valence-corrected chi connectivity index (χ0v) is 12.7. The standard InChI is InChI=1S/C11H16BrNO4S/c1-3-16-4-5-17-11-8(2)6-9(12)7-10(11)18(13,14)15/h6-7H,3-5H2,1-2H3,(H2,13,14,15). The van der Waals surface area contributed by atoms with Crippen molar-refractivity contribution in [2.75, 3.05) is 19.8 Å². The third-order valence-electron chi connectivity index (χ3n) is 2.19. The van der Waals surface area contributed by atoms with Gasteiger partial charge in [0.05, 0.1) is 6.61 Å². The minimum Gasteiger partial charge on any atom is -0.489 e. The van der Waals surface area contributed by atoms with Crippen LogP contribution in [0.2, 0.25) is 0 Å². The molecule has 0 heterocycles. The summed E-state index contributed by atoms with van der Waals surface area (Å²) in [6.07, 6.45) is 0. The molecule has 0 atom stereocenters. The van der Waals surface area contributed by atoms with E-state index in [2.05, 4.69) is 15.9 Å². The molecule has 7 heteroatoms. The SMILES string of the molecule is CCOCCOc1c(C)cc(Br)cc1S(N)(=O)=O. The van der Waals surface area contributed by atoms with Crippen LogP contribution >= 0.6 is 15.9 Å². The lowest BCUT2D eigenvalue weighted by atomic mass is 10.2. The topological polar surface area (TPSA) is 78.6 Å². The Morgan fingerprint density at radius 2 is 2.00 bits per heavy atom. The van der Waals surface area contributed by atoms with Crippen molar-refractivity contribution in [3.63, 3.8) is 0 Å². The van der Waals surface area contributed by atoms with Crippen LogP contribution in [0.3, 0.4) is 0 Å². The van der Waals surface area contributed by atoms with Crippen LogP contribution in [0.1, 0.15) is 12.5 Å². The highest BCUT2D eigenvalue weighted by atomic mass is 79.9. The van der Waals surface area contributed by atoms with E-state index in [1.165, 1.54) is 6.07 Å². The molecular formula is C11H16BrNO4S. The molecule has 1 aromatic carbocycles. The largest absolute Gasteiger partial charge is 0.489 e. The summed E-state index contributed by atoms with van der Waals surface area (Å²) in [5.74, 6) is 0.278. The van der Waals surface area contributed by atoms with Gasteiger partial charge >= 0.3 is 0 Å². The van der Waals surface area contributed by atoms with E-state index < -0.39 is 10.0 Å². The van der Waals surface area contributed by atoms with Gasteiger partial charge in [-0.05, 0) is 31.5 Å². The van der Waals surface area contributed by atoms with Crippen LogP contribution in [0.25, 0.3) is 0 Å². The van der Waals surface area contributed by atoms with Gasteiger partial charge in [-0.25, -0.2) is 13.6 Å². The highest BCUT2D eigenvalue weighted by Gasteiger charge is 2.18. The number of hydrogen-bond acceptors (Lipinski definition) is 4. The smallest absolute Gasteiger partial charge is 0.241 e. The fourth-order valence-electron chi connectivity index (χ4n) is 1.44. The van der Waals surface area contributed by atoms with Crippen LogP contribution in [0, 0.1) is 6.92 Å². The van der Waals surface area contributed by atoms with E-state index in [0.717, 1.165) is 0 Å². The number of benzene rings is 1. The maximum absolute atomic E-state index is 11.5. The first kappa shape index (κ1) is 15.4. The van der Waals surface area contributed by atoms with Crippen molar-refractivity contribution < 1.29 is 17.9 Å². The highest BCUT2D eigenvalue weighted by molar-refractivity contribution is 9.10. The van der Waals surface area contributed by atoms with Crippen molar-refractivity contribution in [1.82, 2.24) is 0 Å². The van der Waals surface area contributed by atoms with Gasteiger partial charge in [-0.1, -0.05) is 15.9 Å². The zero-order chi connectivity index (χ0) is 13.8. The first-order valence-corrected chi connectivity index (χ1v) is 7.73. The van der Waals surface area contributed by atoms with Gasteiger partial charge in [-0.15, -0.1) is 0 Å². The Hall–Kier alpha value is -0.630. The van der Waals surface area contributed by atoms with Crippen molar-refractivity contribution in [3.05, 3.63) is 22.2 Å². The van der Waals surface area contributed by atoms with Gasteiger partial charge in [0.15, 0.2) is 0 Å². The van der Waals surface area contributed by atoms with Crippen LogP contribution in [-0.4, -0.2) is 28.2 Å². The normalized spacial score (nSPS) is 11.6. The van der Waals surface area contributed by atoms with Crippen LogP contribution in [0.4, 0.5) is 0 Å². The molecule has 0 unspecified atom stereocenters. The molecule has 1 aromatic rings. The van der Waals surface area contributed by atoms with Gasteiger partial charge in [0.25, 0.3) is 0 Å². The molecule has 0 aliphatic heterocycles. The lowest BCUT2D eigenvalue weighted by Crippen LogP contribution is -2.16. The Labute approximate surface area is 115 Å². The highest BCUT2D eigenvalue weighted by Crippen LogP contribution is 2.30. The van der Waals surface area contributed by atoms with E-state index in [-0.39, 0.29) is 17.3 Å². The summed E-state index contributed by atoms with van der Waals surface area (Å²) in [5.41, 5.74) is 0.699. The van der Waals surface area contributed by atoms with Crippen molar-refractivity contribution in [2.45, 2.75) is 18.7 Å².